The smallest absolute Gasteiger partial charge is 0.162 e. The molecular weight excluding hydrogens is 548 g/mol. The molecule has 0 N–H and O–H groups in total. The van der Waals surface area contributed by atoms with Crippen LogP contribution in [0, 0.1) is 0 Å². The zero-order valence-corrected chi connectivity index (χ0v) is 22.5. The van der Waals surface area contributed by atoms with E-state index in [9.17, 15) is 4.79 Å². The second kappa shape index (κ2) is 10.4. The zero-order valence-electron chi connectivity index (χ0n) is 19.4. The fourth-order valence-electron chi connectivity index (χ4n) is 4.75. The van der Waals surface area contributed by atoms with Gasteiger partial charge in [-0.15, -0.1) is 0 Å². The molecule has 0 radical (unpaired) electrons. The summed E-state index contributed by atoms with van der Waals surface area (Å²) in [6, 6.07) is 41.1. The molecule has 0 saturated carbocycles. The fourth-order valence-corrected chi connectivity index (χ4v) is 6.69. The molecular formula is C31H28Br2O. The summed E-state index contributed by atoms with van der Waals surface area (Å²) in [4.78, 5) is 13.4. The molecule has 4 aromatic rings. The predicted octanol–water partition coefficient (Wildman–Crippen LogP) is 8.09. The molecule has 1 nitrogen and oxygen atoms in total. The third-order valence-electron chi connectivity index (χ3n) is 7.01. The summed E-state index contributed by atoms with van der Waals surface area (Å²) in [6.07, 6.45) is 0. The quantitative estimate of drug-likeness (QED) is 0.194. The zero-order chi connectivity index (χ0) is 24.2. The molecule has 0 amide bonds. The molecule has 0 aliphatic rings. The molecule has 34 heavy (non-hydrogen) atoms. The molecule has 0 bridgehead atoms. The Morgan fingerprint density at radius 2 is 0.706 bits per heavy atom. The van der Waals surface area contributed by atoms with Crippen molar-refractivity contribution in [1.82, 2.24) is 0 Å². The van der Waals surface area contributed by atoms with E-state index in [1.54, 1.807) is 0 Å². The van der Waals surface area contributed by atoms with Crippen molar-refractivity contribution in [2.24, 2.45) is 0 Å². The largest absolute Gasteiger partial charge is 0.297 e. The van der Waals surface area contributed by atoms with E-state index in [1.807, 2.05) is 72.8 Å². The number of hydrogen-bond acceptors (Lipinski definition) is 1. The van der Waals surface area contributed by atoms with E-state index in [4.69, 9.17) is 0 Å². The van der Waals surface area contributed by atoms with Gasteiger partial charge in [0.1, 0.15) is 0 Å². The number of rotatable bonds is 8. The molecule has 0 spiro atoms. The van der Waals surface area contributed by atoms with Crippen LogP contribution >= 0.6 is 31.9 Å². The fraction of sp³-hybridized carbons (Fsp3) is 0.194. The number of benzene rings is 4. The van der Waals surface area contributed by atoms with E-state index < -0.39 is 20.5 Å². The second-order valence-corrected chi connectivity index (χ2v) is 10.8. The standard InChI is InChI=1S/C31H28Br2O/c1-30(23-15-7-3-8-16-23,24-17-9-4-10-18-24)28(32)27(34)29(33)31(2,25-19-11-5-12-20-25)26-21-13-6-14-22-26/h3-22,28-29H,1-2H3. The van der Waals surface area contributed by atoms with Crippen molar-refractivity contribution in [1.29, 1.82) is 0 Å². The molecule has 0 aliphatic carbocycles. The molecule has 0 saturated heterocycles. The van der Waals surface area contributed by atoms with Gasteiger partial charge in [-0.1, -0.05) is 153 Å². The Hall–Kier alpha value is -2.49. The number of Topliss-reactive ketones (excluding diaryl/α,β-unsaturated/α-hetero) is 1. The summed E-state index contributed by atoms with van der Waals surface area (Å²) in [7, 11) is 0. The number of carbonyl (C=O) groups is 1. The van der Waals surface area contributed by atoms with Gasteiger partial charge in [0.05, 0.1) is 9.65 Å². The summed E-state index contributed by atoms with van der Waals surface area (Å²) >= 11 is 7.80. The average molecular weight is 576 g/mol. The van der Waals surface area contributed by atoms with E-state index >= 15 is 0 Å². The Balaban J connectivity index is 1.82. The van der Waals surface area contributed by atoms with Crippen molar-refractivity contribution in [3.63, 3.8) is 0 Å². The van der Waals surface area contributed by atoms with Crippen molar-refractivity contribution in [3.05, 3.63) is 144 Å². The first-order valence-electron chi connectivity index (χ1n) is 11.4. The van der Waals surface area contributed by atoms with Crippen LogP contribution in [0.4, 0.5) is 0 Å². The lowest BCUT2D eigenvalue weighted by molar-refractivity contribution is -0.119. The third kappa shape index (κ3) is 4.44. The summed E-state index contributed by atoms with van der Waals surface area (Å²) in [6.45, 7) is 4.30. The van der Waals surface area contributed by atoms with Gasteiger partial charge in [0.2, 0.25) is 0 Å². The molecule has 4 aromatic carbocycles. The monoisotopic (exact) mass is 574 g/mol. The van der Waals surface area contributed by atoms with Crippen LogP contribution in [0.15, 0.2) is 121 Å². The van der Waals surface area contributed by atoms with Gasteiger partial charge in [-0.25, -0.2) is 0 Å². The lowest BCUT2D eigenvalue weighted by Crippen LogP contribution is -2.48. The Bertz CT molecular complexity index is 1030. The minimum Gasteiger partial charge on any atom is -0.297 e. The number of carbonyl (C=O) groups excluding carboxylic acids is 1. The summed E-state index contributed by atoms with van der Waals surface area (Å²) in [5.41, 5.74) is 3.27. The van der Waals surface area contributed by atoms with Crippen LogP contribution in [0.1, 0.15) is 36.1 Å². The Morgan fingerprint density at radius 1 is 0.500 bits per heavy atom. The van der Waals surface area contributed by atoms with E-state index in [-0.39, 0.29) is 5.78 Å². The molecule has 4 rings (SSSR count). The molecule has 172 valence electrons. The minimum absolute atomic E-state index is 0.102. The number of halogens is 2. The molecule has 0 heterocycles. The molecule has 0 fully saturated rings. The van der Waals surface area contributed by atoms with Crippen molar-refractivity contribution in [2.75, 3.05) is 0 Å². The van der Waals surface area contributed by atoms with Crippen LogP contribution in [-0.4, -0.2) is 15.4 Å². The van der Waals surface area contributed by atoms with E-state index in [0.717, 1.165) is 22.3 Å². The summed E-state index contributed by atoms with van der Waals surface area (Å²) in [5.74, 6) is 0.102. The normalized spacial score (nSPS) is 13.8. The van der Waals surface area contributed by atoms with Crippen LogP contribution in [0.2, 0.25) is 0 Å². The Morgan fingerprint density at radius 3 is 0.912 bits per heavy atom. The van der Waals surface area contributed by atoms with E-state index in [0.29, 0.717) is 0 Å². The predicted molar refractivity (Wildman–Crippen MR) is 149 cm³/mol. The molecule has 0 aliphatic heterocycles. The molecule has 2 atom stereocenters. The highest BCUT2D eigenvalue weighted by atomic mass is 79.9. The van der Waals surface area contributed by atoms with Gasteiger partial charge in [-0.2, -0.15) is 0 Å². The van der Waals surface area contributed by atoms with Gasteiger partial charge in [0.15, 0.2) is 5.78 Å². The lowest BCUT2D eigenvalue weighted by atomic mass is 9.68. The summed E-state index contributed by atoms with van der Waals surface area (Å²) < 4.78 is 0. The molecule has 3 heteroatoms. The van der Waals surface area contributed by atoms with E-state index in [2.05, 4.69) is 94.2 Å². The summed E-state index contributed by atoms with van der Waals surface area (Å²) in [5, 5.41) is 0. The Labute approximate surface area is 219 Å². The second-order valence-electron chi connectivity index (χ2n) is 9.00. The topological polar surface area (TPSA) is 17.1 Å². The van der Waals surface area contributed by atoms with Crippen molar-refractivity contribution >= 4 is 37.6 Å². The van der Waals surface area contributed by atoms with Crippen LogP contribution in [0.5, 0.6) is 0 Å². The maximum absolute atomic E-state index is 14.3. The van der Waals surface area contributed by atoms with Gasteiger partial charge < -0.3 is 0 Å². The number of alkyl halides is 2. The van der Waals surface area contributed by atoms with Gasteiger partial charge in [-0.3, -0.25) is 4.79 Å². The maximum atomic E-state index is 14.3. The van der Waals surface area contributed by atoms with Crippen molar-refractivity contribution in [3.8, 4) is 0 Å². The minimum atomic E-state index is -0.556. The van der Waals surface area contributed by atoms with Crippen LogP contribution in [0.3, 0.4) is 0 Å². The first-order valence-corrected chi connectivity index (χ1v) is 13.3. The van der Waals surface area contributed by atoms with Gasteiger partial charge in [0, 0.05) is 10.8 Å². The highest BCUT2D eigenvalue weighted by Gasteiger charge is 2.48. The first kappa shape index (κ1) is 24.6. The Kier molecular flexibility index (Phi) is 7.54. The van der Waals surface area contributed by atoms with E-state index in [1.165, 1.54) is 0 Å². The highest BCUT2D eigenvalue weighted by molar-refractivity contribution is 9.10. The lowest BCUT2D eigenvalue weighted by Gasteiger charge is -2.40. The van der Waals surface area contributed by atoms with Crippen molar-refractivity contribution in [2.45, 2.75) is 34.3 Å². The van der Waals surface area contributed by atoms with Gasteiger partial charge in [-0.05, 0) is 36.1 Å². The van der Waals surface area contributed by atoms with Gasteiger partial charge >= 0.3 is 0 Å². The van der Waals surface area contributed by atoms with Gasteiger partial charge in [0.25, 0.3) is 0 Å². The van der Waals surface area contributed by atoms with Crippen LogP contribution < -0.4 is 0 Å². The highest BCUT2D eigenvalue weighted by Crippen LogP contribution is 2.45. The van der Waals surface area contributed by atoms with Crippen LogP contribution in [0.25, 0.3) is 0 Å². The number of ketones is 1. The molecule has 0 aromatic heterocycles. The average Bonchev–Trinajstić information content (AvgIpc) is 2.92. The maximum Gasteiger partial charge on any atom is 0.162 e. The third-order valence-corrected chi connectivity index (χ3v) is 9.74. The first-order chi connectivity index (χ1) is 16.4. The number of hydrogen-bond donors (Lipinski definition) is 0. The SMILES string of the molecule is CC(c1ccccc1)(c1ccccc1)C(Br)C(=O)C(Br)C(C)(c1ccccc1)c1ccccc1. The van der Waals surface area contributed by atoms with Crippen molar-refractivity contribution < 1.29 is 4.79 Å². The van der Waals surface area contributed by atoms with Crippen LogP contribution in [-0.2, 0) is 15.6 Å². The molecule has 2 unspecified atom stereocenters.